The SMILES string of the molecule is Nc1ncccc1CN1CCC[C@@H](Cn2cc(C3(O)CCCC3)nn2)C1. The highest BCUT2D eigenvalue weighted by molar-refractivity contribution is 5.38. The molecule has 7 nitrogen and oxygen atoms in total. The summed E-state index contributed by atoms with van der Waals surface area (Å²) in [5, 5.41) is 19.2. The average Bonchev–Trinajstić information content (AvgIpc) is 3.28. The van der Waals surface area contributed by atoms with Crippen molar-refractivity contribution in [3.05, 3.63) is 35.8 Å². The molecule has 1 atom stereocenters. The Morgan fingerprint density at radius 2 is 2.12 bits per heavy atom. The number of pyridine rings is 1. The fourth-order valence-electron chi connectivity index (χ4n) is 4.35. The molecule has 2 fully saturated rings. The van der Waals surface area contributed by atoms with Crippen LogP contribution in [-0.2, 0) is 18.7 Å². The Morgan fingerprint density at radius 1 is 1.27 bits per heavy atom. The molecule has 0 unspecified atom stereocenters. The van der Waals surface area contributed by atoms with Crippen LogP contribution in [0.3, 0.4) is 0 Å². The van der Waals surface area contributed by atoms with Gasteiger partial charge in [0.05, 0.1) is 6.20 Å². The minimum atomic E-state index is -0.755. The number of anilines is 1. The molecule has 3 N–H and O–H groups in total. The number of nitrogens with zero attached hydrogens (tertiary/aromatic N) is 5. The van der Waals surface area contributed by atoms with Crippen LogP contribution in [0.1, 0.15) is 49.8 Å². The molecule has 1 saturated carbocycles. The topological polar surface area (TPSA) is 93.1 Å². The normalized spacial score (nSPS) is 23.3. The van der Waals surface area contributed by atoms with Crippen molar-refractivity contribution in [3.8, 4) is 0 Å². The summed E-state index contributed by atoms with van der Waals surface area (Å²) in [6, 6.07) is 4.00. The summed E-state index contributed by atoms with van der Waals surface area (Å²) in [6.45, 7) is 3.81. The maximum Gasteiger partial charge on any atom is 0.127 e. The first-order valence-corrected chi connectivity index (χ1v) is 9.67. The Bertz CT molecular complexity index is 739. The van der Waals surface area contributed by atoms with E-state index in [1.165, 1.54) is 12.8 Å². The van der Waals surface area contributed by atoms with Crippen molar-refractivity contribution in [2.24, 2.45) is 5.92 Å². The predicted molar refractivity (Wildman–Crippen MR) is 99.0 cm³/mol. The van der Waals surface area contributed by atoms with E-state index in [4.69, 9.17) is 5.73 Å². The minimum absolute atomic E-state index is 0.536. The summed E-state index contributed by atoms with van der Waals surface area (Å²) < 4.78 is 1.91. The van der Waals surface area contributed by atoms with Gasteiger partial charge in [-0.1, -0.05) is 24.1 Å². The molecular weight excluding hydrogens is 328 g/mol. The monoisotopic (exact) mass is 356 g/mol. The molecule has 1 saturated heterocycles. The van der Waals surface area contributed by atoms with Gasteiger partial charge in [-0.3, -0.25) is 9.58 Å². The highest BCUT2D eigenvalue weighted by Crippen LogP contribution is 2.37. The van der Waals surface area contributed by atoms with Gasteiger partial charge in [-0.25, -0.2) is 4.98 Å². The third-order valence-electron chi connectivity index (χ3n) is 5.81. The molecule has 0 aromatic carbocycles. The number of likely N-dealkylation sites (tertiary alicyclic amines) is 1. The van der Waals surface area contributed by atoms with Gasteiger partial charge >= 0.3 is 0 Å². The number of nitrogens with two attached hydrogens (primary N) is 1. The number of hydrogen-bond acceptors (Lipinski definition) is 6. The van der Waals surface area contributed by atoms with E-state index in [9.17, 15) is 5.11 Å². The van der Waals surface area contributed by atoms with Gasteiger partial charge in [-0.05, 0) is 44.2 Å². The smallest absolute Gasteiger partial charge is 0.127 e. The molecule has 4 rings (SSSR count). The second kappa shape index (κ2) is 7.32. The van der Waals surface area contributed by atoms with E-state index in [1.54, 1.807) is 6.20 Å². The molecule has 2 aliphatic rings. The molecule has 0 bridgehead atoms. The van der Waals surface area contributed by atoms with Gasteiger partial charge in [0.1, 0.15) is 17.1 Å². The van der Waals surface area contributed by atoms with Gasteiger partial charge < -0.3 is 10.8 Å². The van der Waals surface area contributed by atoms with Crippen LogP contribution in [0.15, 0.2) is 24.5 Å². The van der Waals surface area contributed by atoms with Crippen molar-refractivity contribution in [3.63, 3.8) is 0 Å². The van der Waals surface area contributed by atoms with Crippen molar-refractivity contribution in [2.45, 2.75) is 57.2 Å². The molecule has 140 valence electrons. The molecule has 0 amide bonds. The molecule has 2 aromatic heterocycles. The van der Waals surface area contributed by atoms with Crippen LogP contribution in [0.2, 0.25) is 0 Å². The number of piperidine rings is 1. The van der Waals surface area contributed by atoms with Gasteiger partial charge in [-0.2, -0.15) is 0 Å². The maximum atomic E-state index is 10.7. The van der Waals surface area contributed by atoms with Crippen LogP contribution < -0.4 is 5.73 Å². The van der Waals surface area contributed by atoms with Crippen molar-refractivity contribution in [1.82, 2.24) is 24.9 Å². The third kappa shape index (κ3) is 3.73. The van der Waals surface area contributed by atoms with Crippen LogP contribution >= 0.6 is 0 Å². The van der Waals surface area contributed by atoms with Crippen LogP contribution in [0.5, 0.6) is 0 Å². The molecule has 3 heterocycles. The van der Waals surface area contributed by atoms with E-state index in [2.05, 4.69) is 26.3 Å². The van der Waals surface area contributed by atoms with E-state index < -0.39 is 5.60 Å². The maximum absolute atomic E-state index is 10.7. The summed E-state index contributed by atoms with van der Waals surface area (Å²) in [7, 11) is 0. The number of aliphatic hydroxyl groups is 1. The molecule has 0 radical (unpaired) electrons. The quantitative estimate of drug-likeness (QED) is 0.850. The van der Waals surface area contributed by atoms with Crippen molar-refractivity contribution in [2.75, 3.05) is 18.8 Å². The van der Waals surface area contributed by atoms with E-state index in [1.807, 2.05) is 16.9 Å². The molecule has 1 aliphatic heterocycles. The Hall–Kier alpha value is -1.99. The van der Waals surface area contributed by atoms with Crippen LogP contribution in [-0.4, -0.2) is 43.1 Å². The molecule has 0 spiro atoms. The highest BCUT2D eigenvalue weighted by Gasteiger charge is 2.36. The molecular formula is C19H28N6O. The summed E-state index contributed by atoms with van der Waals surface area (Å²) in [6.07, 6.45) is 9.79. The number of nitrogen functional groups attached to an aromatic ring is 1. The highest BCUT2D eigenvalue weighted by atomic mass is 16.3. The summed E-state index contributed by atoms with van der Waals surface area (Å²) in [5.74, 6) is 1.16. The molecule has 26 heavy (non-hydrogen) atoms. The van der Waals surface area contributed by atoms with E-state index in [0.29, 0.717) is 11.7 Å². The standard InChI is InChI=1S/C19H28N6O/c20-18-16(6-3-9-21-18)13-24-10-4-5-15(11-24)12-25-14-17(22-23-25)19(26)7-1-2-8-19/h3,6,9,14-15,26H,1-2,4-5,7-8,10-13H2,(H2,20,21)/t15-/m1/s1. The number of aromatic nitrogens is 4. The molecule has 2 aromatic rings. The van der Waals surface area contributed by atoms with E-state index in [-0.39, 0.29) is 0 Å². The van der Waals surface area contributed by atoms with Gasteiger partial charge in [-0.15, -0.1) is 5.10 Å². The van der Waals surface area contributed by atoms with Crippen LogP contribution in [0.4, 0.5) is 5.82 Å². The summed E-state index contributed by atoms with van der Waals surface area (Å²) in [5.41, 5.74) is 7.07. The lowest BCUT2D eigenvalue weighted by Gasteiger charge is -2.32. The Balaban J connectivity index is 1.36. The Kier molecular flexibility index (Phi) is 4.91. The minimum Gasteiger partial charge on any atom is -0.383 e. The third-order valence-corrected chi connectivity index (χ3v) is 5.81. The first-order chi connectivity index (χ1) is 12.6. The van der Waals surface area contributed by atoms with Crippen molar-refractivity contribution >= 4 is 5.82 Å². The predicted octanol–water partition coefficient (Wildman–Crippen LogP) is 1.93. The second-order valence-electron chi connectivity index (χ2n) is 7.86. The zero-order chi connectivity index (χ0) is 18.0. The second-order valence-corrected chi connectivity index (χ2v) is 7.86. The van der Waals surface area contributed by atoms with Gasteiger partial charge in [0, 0.05) is 31.4 Å². The first-order valence-electron chi connectivity index (χ1n) is 9.67. The number of rotatable bonds is 5. The van der Waals surface area contributed by atoms with Crippen LogP contribution in [0, 0.1) is 5.92 Å². The Labute approximate surface area is 154 Å². The lowest BCUT2D eigenvalue weighted by Crippen LogP contribution is -2.36. The summed E-state index contributed by atoms with van der Waals surface area (Å²) >= 11 is 0. The summed E-state index contributed by atoms with van der Waals surface area (Å²) in [4.78, 5) is 6.63. The van der Waals surface area contributed by atoms with Crippen molar-refractivity contribution < 1.29 is 5.11 Å². The lowest BCUT2D eigenvalue weighted by molar-refractivity contribution is 0.0398. The van der Waals surface area contributed by atoms with Gasteiger partial charge in [0.25, 0.3) is 0 Å². The fraction of sp³-hybridized carbons (Fsp3) is 0.632. The first kappa shape index (κ1) is 17.4. The molecule has 7 heteroatoms. The van der Waals surface area contributed by atoms with Gasteiger partial charge in [0.15, 0.2) is 0 Å². The zero-order valence-electron chi connectivity index (χ0n) is 15.2. The average molecular weight is 356 g/mol. The van der Waals surface area contributed by atoms with Gasteiger partial charge in [0.2, 0.25) is 0 Å². The van der Waals surface area contributed by atoms with E-state index >= 15 is 0 Å². The van der Waals surface area contributed by atoms with Crippen molar-refractivity contribution in [1.29, 1.82) is 0 Å². The lowest BCUT2D eigenvalue weighted by atomic mass is 9.97. The fourth-order valence-corrected chi connectivity index (χ4v) is 4.35. The Morgan fingerprint density at radius 3 is 2.92 bits per heavy atom. The zero-order valence-corrected chi connectivity index (χ0v) is 15.2. The van der Waals surface area contributed by atoms with Crippen LogP contribution in [0.25, 0.3) is 0 Å². The molecule has 1 aliphatic carbocycles. The largest absolute Gasteiger partial charge is 0.383 e. The van der Waals surface area contributed by atoms with E-state index in [0.717, 1.165) is 63.1 Å². The number of hydrogen-bond donors (Lipinski definition) is 2.